The first-order chi connectivity index (χ1) is 8.76. The summed E-state index contributed by atoms with van der Waals surface area (Å²) in [6.45, 7) is 9.57. The molecule has 1 aliphatic carbocycles. The van der Waals surface area contributed by atoms with Gasteiger partial charge in [-0.2, -0.15) is 0 Å². The van der Waals surface area contributed by atoms with Gasteiger partial charge in [-0.25, -0.2) is 0 Å². The van der Waals surface area contributed by atoms with Gasteiger partial charge in [-0.1, -0.05) is 20.3 Å². The minimum atomic E-state index is 0.755. The molecule has 18 heavy (non-hydrogen) atoms. The highest BCUT2D eigenvalue weighted by Gasteiger charge is 2.35. The van der Waals surface area contributed by atoms with E-state index in [1.54, 1.807) is 0 Å². The average molecular weight is 253 g/mol. The van der Waals surface area contributed by atoms with Gasteiger partial charge < -0.3 is 10.2 Å². The Hall–Kier alpha value is -0.120. The molecule has 1 heterocycles. The Morgan fingerprint density at radius 1 is 1.17 bits per heavy atom. The molecule has 0 spiro atoms. The van der Waals surface area contributed by atoms with Gasteiger partial charge in [-0.05, 0) is 39.3 Å². The number of piperazine rings is 1. The van der Waals surface area contributed by atoms with E-state index in [9.17, 15) is 0 Å². The Morgan fingerprint density at radius 2 is 2.00 bits per heavy atom. The molecule has 0 radical (unpaired) electrons. The zero-order chi connectivity index (χ0) is 13.0. The van der Waals surface area contributed by atoms with Crippen LogP contribution < -0.4 is 5.32 Å². The van der Waals surface area contributed by atoms with Crippen molar-refractivity contribution in [2.24, 2.45) is 0 Å². The van der Waals surface area contributed by atoms with Gasteiger partial charge in [0.05, 0.1) is 0 Å². The number of nitrogens with zero attached hydrogens (tertiary/aromatic N) is 2. The molecular formula is C15H31N3. The lowest BCUT2D eigenvalue weighted by Gasteiger charge is -2.43. The molecule has 106 valence electrons. The highest BCUT2D eigenvalue weighted by molar-refractivity contribution is 4.93. The van der Waals surface area contributed by atoms with Crippen molar-refractivity contribution in [3.63, 3.8) is 0 Å². The second-order valence-electron chi connectivity index (χ2n) is 6.10. The first kappa shape index (κ1) is 14.3. The smallest absolute Gasteiger partial charge is 0.0250 e. The monoisotopic (exact) mass is 253 g/mol. The van der Waals surface area contributed by atoms with E-state index in [1.165, 1.54) is 58.3 Å². The fourth-order valence-electron chi connectivity index (χ4n) is 3.66. The molecule has 0 aromatic rings. The molecule has 2 rings (SSSR count). The zero-order valence-corrected chi connectivity index (χ0v) is 12.5. The summed E-state index contributed by atoms with van der Waals surface area (Å²) in [6, 6.07) is 2.33. The van der Waals surface area contributed by atoms with Crippen LogP contribution >= 0.6 is 0 Å². The van der Waals surface area contributed by atoms with Crippen LogP contribution in [-0.2, 0) is 0 Å². The Morgan fingerprint density at radius 3 is 2.72 bits per heavy atom. The molecule has 3 heteroatoms. The summed E-state index contributed by atoms with van der Waals surface area (Å²) in [6.07, 6.45) is 6.74. The fourth-order valence-corrected chi connectivity index (χ4v) is 3.66. The van der Waals surface area contributed by atoms with Crippen LogP contribution in [0.1, 0.15) is 46.0 Å². The van der Waals surface area contributed by atoms with Crippen LogP contribution in [0.4, 0.5) is 0 Å². The normalized spacial score (nSPS) is 35.2. The van der Waals surface area contributed by atoms with Gasteiger partial charge in [-0.3, -0.25) is 4.90 Å². The summed E-state index contributed by atoms with van der Waals surface area (Å²) in [5.74, 6) is 0. The summed E-state index contributed by atoms with van der Waals surface area (Å²) in [4.78, 5) is 5.31. The SMILES string of the molecule is CCCNC1CCCC1N1CCN(C)C(CC)C1. The lowest BCUT2D eigenvalue weighted by Crippen LogP contribution is -2.57. The predicted octanol–water partition coefficient (Wildman–Crippen LogP) is 1.93. The van der Waals surface area contributed by atoms with Gasteiger partial charge >= 0.3 is 0 Å². The van der Waals surface area contributed by atoms with Gasteiger partial charge in [0.15, 0.2) is 0 Å². The lowest BCUT2D eigenvalue weighted by molar-refractivity contribution is 0.0555. The number of nitrogens with one attached hydrogen (secondary N) is 1. The summed E-state index contributed by atoms with van der Waals surface area (Å²) >= 11 is 0. The Kier molecular flexibility index (Phi) is 5.46. The minimum absolute atomic E-state index is 0.755. The van der Waals surface area contributed by atoms with Gasteiger partial charge in [0.2, 0.25) is 0 Å². The van der Waals surface area contributed by atoms with E-state index in [1.807, 2.05) is 0 Å². The van der Waals surface area contributed by atoms with E-state index in [4.69, 9.17) is 0 Å². The molecule has 3 nitrogen and oxygen atoms in total. The van der Waals surface area contributed by atoms with Crippen molar-refractivity contribution in [3.8, 4) is 0 Å². The Labute approximate surface area is 113 Å². The standard InChI is InChI=1S/C15H31N3/c1-4-9-16-14-7-6-8-15(14)18-11-10-17(3)13(5-2)12-18/h13-16H,4-12H2,1-3H3. The van der Waals surface area contributed by atoms with Crippen molar-refractivity contribution in [1.82, 2.24) is 15.1 Å². The van der Waals surface area contributed by atoms with Crippen molar-refractivity contribution in [2.45, 2.75) is 64.1 Å². The average Bonchev–Trinajstić information content (AvgIpc) is 2.85. The second kappa shape index (κ2) is 6.88. The van der Waals surface area contributed by atoms with Gasteiger partial charge in [-0.15, -0.1) is 0 Å². The Balaban J connectivity index is 1.89. The molecule has 0 amide bonds. The molecule has 1 aliphatic heterocycles. The number of hydrogen-bond donors (Lipinski definition) is 1. The van der Waals surface area contributed by atoms with Gasteiger partial charge in [0, 0.05) is 37.8 Å². The zero-order valence-electron chi connectivity index (χ0n) is 12.5. The van der Waals surface area contributed by atoms with Crippen LogP contribution in [0, 0.1) is 0 Å². The lowest BCUT2D eigenvalue weighted by atomic mass is 10.0. The van der Waals surface area contributed by atoms with Crippen molar-refractivity contribution in [2.75, 3.05) is 33.2 Å². The van der Waals surface area contributed by atoms with E-state index in [-0.39, 0.29) is 0 Å². The first-order valence-electron chi connectivity index (χ1n) is 7.94. The number of hydrogen-bond acceptors (Lipinski definition) is 3. The molecule has 1 saturated carbocycles. The van der Waals surface area contributed by atoms with E-state index in [2.05, 4.69) is 36.0 Å². The third kappa shape index (κ3) is 3.25. The molecule has 0 aromatic heterocycles. The second-order valence-corrected chi connectivity index (χ2v) is 6.10. The highest BCUT2D eigenvalue weighted by atomic mass is 15.3. The third-order valence-corrected chi connectivity index (χ3v) is 4.88. The van der Waals surface area contributed by atoms with E-state index in [0.717, 1.165) is 18.1 Å². The van der Waals surface area contributed by atoms with Crippen LogP contribution in [0.25, 0.3) is 0 Å². The maximum absolute atomic E-state index is 3.77. The van der Waals surface area contributed by atoms with Crippen LogP contribution in [0.15, 0.2) is 0 Å². The van der Waals surface area contributed by atoms with E-state index in [0.29, 0.717) is 0 Å². The molecule has 2 fully saturated rings. The van der Waals surface area contributed by atoms with Gasteiger partial charge in [0.25, 0.3) is 0 Å². The summed E-state index contributed by atoms with van der Waals surface area (Å²) in [5, 5.41) is 3.77. The topological polar surface area (TPSA) is 18.5 Å². The summed E-state index contributed by atoms with van der Waals surface area (Å²) in [5.41, 5.74) is 0. The van der Waals surface area contributed by atoms with E-state index >= 15 is 0 Å². The van der Waals surface area contributed by atoms with Crippen LogP contribution in [0.3, 0.4) is 0 Å². The summed E-state index contributed by atoms with van der Waals surface area (Å²) < 4.78 is 0. The highest BCUT2D eigenvalue weighted by Crippen LogP contribution is 2.26. The Bertz CT molecular complexity index is 244. The quantitative estimate of drug-likeness (QED) is 0.808. The van der Waals surface area contributed by atoms with Crippen molar-refractivity contribution in [3.05, 3.63) is 0 Å². The molecule has 3 unspecified atom stereocenters. The first-order valence-corrected chi connectivity index (χ1v) is 7.94. The number of likely N-dealkylation sites (N-methyl/N-ethyl adjacent to an activating group) is 1. The van der Waals surface area contributed by atoms with Crippen LogP contribution in [0.2, 0.25) is 0 Å². The van der Waals surface area contributed by atoms with Crippen molar-refractivity contribution in [1.29, 1.82) is 0 Å². The number of rotatable bonds is 5. The maximum atomic E-state index is 3.77. The maximum Gasteiger partial charge on any atom is 0.0250 e. The van der Waals surface area contributed by atoms with Crippen LogP contribution in [0.5, 0.6) is 0 Å². The molecule has 2 aliphatic rings. The minimum Gasteiger partial charge on any atom is -0.312 e. The molecule has 3 atom stereocenters. The fraction of sp³-hybridized carbons (Fsp3) is 1.00. The molecular weight excluding hydrogens is 222 g/mol. The summed E-state index contributed by atoms with van der Waals surface area (Å²) in [7, 11) is 2.28. The van der Waals surface area contributed by atoms with Crippen molar-refractivity contribution >= 4 is 0 Å². The largest absolute Gasteiger partial charge is 0.312 e. The van der Waals surface area contributed by atoms with Crippen LogP contribution in [-0.4, -0.2) is 61.2 Å². The molecule has 0 bridgehead atoms. The van der Waals surface area contributed by atoms with Gasteiger partial charge in [0.1, 0.15) is 0 Å². The molecule has 1 N–H and O–H groups in total. The molecule has 0 aromatic carbocycles. The van der Waals surface area contributed by atoms with E-state index < -0.39 is 0 Å². The van der Waals surface area contributed by atoms with Crippen molar-refractivity contribution < 1.29 is 0 Å². The third-order valence-electron chi connectivity index (χ3n) is 4.88. The molecule has 1 saturated heterocycles. The predicted molar refractivity (Wildman–Crippen MR) is 78.0 cm³/mol.